The molecule has 0 spiro atoms. The van der Waals surface area contributed by atoms with Gasteiger partial charge in [-0.25, -0.2) is 0 Å². The number of para-hydroxylation sites is 1. The quantitative estimate of drug-likeness (QED) is 0.615. The van der Waals surface area contributed by atoms with Gasteiger partial charge < -0.3 is 10.5 Å². The van der Waals surface area contributed by atoms with Crippen LogP contribution in [0.25, 0.3) is 0 Å². The third kappa shape index (κ3) is 4.13. The van der Waals surface area contributed by atoms with Gasteiger partial charge in [-0.05, 0) is 26.1 Å². The van der Waals surface area contributed by atoms with Gasteiger partial charge in [0.1, 0.15) is 5.75 Å². The van der Waals surface area contributed by atoms with Crippen LogP contribution in [0, 0.1) is 10.1 Å². The Labute approximate surface area is 146 Å². The van der Waals surface area contributed by atoms with Gasteiger partial charge in [-0.2, -0.15) is 0 Å². The van der Waals surface area contributed by atoms with Crippen molar-refractivity contribution in [3.8, 4) is 5.75 Å². The zero-order valence-electron chi connectivity index (χ0n) is 14.4. The minimum Gasteiger partial charge on any atom is -0.496 e. The lowest BCUT2D eigenvalue weighted by atomic mass is 10.0. The van der Waals surface area contributed by atoms with Gasteiger partial charge >= 0.3 is 0 Å². The number of hydrogen-bond acceptors (Lipinski definition) is 5. The molecule has 0 aliphatic carbocycles. The Balaban J connectivity index is 2.29. The van der Waals surface area contributed by atoms with Crippen LogP contribution in [-0.2, 0) is 6.54 Å². The summed E-state index contributed by atoms with van der Waals surface area (Å²) in [5, 5.41) is 11.3. The lowest BCUT2D eigenvalue weighted by Crippen LogP contribution is -2.23. The number of nitro groups is 1. The molecule has 7 heteroatoms. The maximum absolute atomic E-state index is 11.3. The van der Waals surface area contributed by atoms with E-state index in [0.717, 1.165) is 11.3 Å². The van der Waals surface area contributed by atoms with E-state index in [1.807, 2.05) is 43.1 Å². The molecule has 0 aromatic heterocycles. The number of hydrogen-bond donors (Lipinski definition) is 1. The number of nitrogens with zero attached hydrogens (tertiary/aromatic N) is 2. The molecule has 25 heavy (non-hydrogen) atoms. The first-order valence-electron chi connectivity index (χ1n) is 7.75. The van der Waals surface area contributed by atoms with Gasteiger partial charge in [0, 0.05) is 35.3 Å². The highest BCUT2D eigenvalue weighted by Crippen LogP contribution is 2.30. The van der Waals surface area contributed by atoms with E-state index in [1.54, 1.807) is 13.2 Å². The molecular formula is C18H21N3O4. The van der Waals surface area contributed by atoms with Crippen LogP contribution in [0.15, 0.2) is 42.5 Å². The van der Waals surface area contributed by atoms with Crippen molar-refractivity contribution < 1.29 is 14.5 Å². The predicted octanol–water partition coefficient (Wildman–Crippen LogP) is 2.90. The van der Waals surface area contributed by atoms with Gasteiger partial charge in [-0.15, -0.1) is 0 Å². The molecular weight excluding hydrogens is 322 g/mol. The highest BCUT2D eigenvalue weighted by molar-refractivity contribution is 5.93. The summed E-state index contributed by atoms with van der Waals surface area (Å²) in [6.07, 6.45) is 0. The number of carbonyl (C=O) groups excluding carboxylic acids is 1. The third-order valence-electron chi connectivity index (χ3n) is 4.24. The largest absolute Gasteiger partial charge is 0.496 e. The Kier molecular flexibility index (Phi) is 5.71. The summed E-state index contributed by atoms with van der Waals surface area (Å²) in [4.78, 5) is 24.1. The number of ether oxygens (including phenoxy) is 1. The molecule has 1 unspecified atom stereocenters. The molecule has 2 N–H and O–H groups in total. The molecule has 1 atom stereocenters. The van der Waals surface area contributed by atoms with E-state index in [2.05, 4.69) is 0 Å². The van der Waals surface area contributed by atoms with E-state index in [1.165, 1.54) is 12.1 Å². The molecule has 7 nitrogen and oxygen atoms in total. The number of nitrogens with two attached hydrogens (primary N) is 1. The minimum atomic E-state index is -0.689. The molecule has 2 aromatic rings. The Hall–Kier alpha value is -2.93. The van der Waals surface area contributed by atoms with E-state index in [4.69, 9.17) is 10.5 Å². The van der Waals surface area contributed by atoms with Crippen LogP contribution < -0.4 is 10.5 Å². The van der Waals surface area contributed by atoms with E-state index in [9.17, 15) is 14.9 Å². The molecule has 0 radical (unpaired) electrons. The first-order valence-corrected chi connectivity index (χ1v) is 7.75. The Bertz CT molecular complexity index is 792. The molecule has 0 heterocycles. The summed E-state index contributed by atoms with van der Waals surface area (Å²) in [6.45, 7) is 2.34. The van der Waals surface area contributed by atoms with Crippen LogP contribution in [0.1, 0.15) is 34.5 Å². The predicted molar refractivity (Wildman–Crippen MR) is 94.5 cm³/mol. The van der Waals surface area contributed by atoms with E-state index >= 15 is 0 Å². The second-order valence-electron chi connectivity index (χ2n) is 5.80. The van der Waals surface area contributed by atoms with E-state index in [0.29, 0.717) is 12.1 Å². The summed E-state index contributed by atoms with van der Waals surface area (Å²) in [7, 11) is 3.49. The number of primary amides is 1. The standard InChI is InChI=1S/C18H21N3O4/c1-12(15-6-4-5-7-17(15)25-3)20(2)11-14-9-8-13(18(19)22)10-16(14)21(23)24/h4-10,12H,11H2,1-3H3,(H2,19,22). The maximum atomic E-state index is 11.3. The fraction of sp³-hybridized carbons (Fsp3) is 0.278. The van der Waals surface area contributed by atoms with Crippen molar-refractivity contribution in [3.63, 3.8) is 0 Å². The average Bonchev–Trinajstić information content (AvgIpc) is 2.60. The monoisotopic (exact) mass is 343 g/mol. The summed E-state index contributed by atoms with van der Waals surface area (Å²) < 4.78 is 5.38. The van der Waals surface area contributed by atoms with Crippen LogP contribution in [0.4, 0.5) is 5.69 Å². The lowest BCUT2D eigenvalue weighted by molar-refractivity contribution is -0.385. The van der Waals surface area contributed by atoms with Gasteiger partial charge in [0.2, 0.25) is 5.91 Å². The van der Waals surface area contributed by atoms with Crippen LogP contribution in [-0.4, -0.2) is 29.9 Å². The molecule has 2 aromatic carbocycles. The first-order chi connectivity index (χ1) is 11.8. The maximum Gasteiger partial charge on any atom is 0.274 e. The van der Waals surface area contributed by atoms with Crippen molar-refractivity contribution in [2.24, 2.45) is 5.73 Å². The topological polar surface area (TPSA) is 98.7 Å². The van der Waals surface area contributed by atoms with Gasteiger partial charge in [0.25, 0.3) is 5.69 Å². The van der Waals surface area contributed by atoms with Crippen molar-refractivity contribution >= 4 is 11.6 Å². The molecule has 0 bridgehead atoms. The number of nitro benzene ring substituents is 1. The van der Waals surface area contributed by atoms with Crippen molar-refractivity contribution in [2.75, 3.05) is 14.2 Å². The van der Waals surface area contributed by atoms with Crippen LogP contribution in [0.5, 0.6) is 5.75 Å². The normalized spacial score (nSPS) is 12.0. The third-order valence-corrected chi connectivity index (χ3v) is 4.24. The fourth-order valence-electron chi connectivity index (χ4n) is 2.68. The molecule has 0 fully saturated rings. The molecule has 0 saturated carbocycles. The lowest BCUT2D eigenvalue weighted by Gasteiger charge is -2.26. The van der Waals surface area contributed by atoms with Crippen molar-refractivity contribution in [1.82, 2.24) is 4.90 Å². The van der Waals surface area contributed by atoms with Gasteiger partial charge in [0.05, 0.1) is 12.0 Å². The number of methoxy groups -OCH3 is 1. The van der Waals surface area contributed by atoms with Crippen molar-refractivity contribution in [1.29, 1.82) is 0 Å². The van der Waals surface area contributed by atoms with E-state index < -0.39 is 10.8 Å². The zero-order chi connectivity index (χ0) is 18.6. The molecule has 0 aliphatic rings. The van der Waals surface area contributed by atoms with Gasteiger partial charge in [-0.1, -0.05) is 24.3 Å². The molecule has 0 saturated heterocycles. The molecule has 1 amide bonds. The highest BCUT2D eigenvalue weighted by atomic mass is 16.6. The SMILES string of the molecule is COc1ccccc1C(C)N(C)Cc1ccc(C(N)=O)cc1[N+](=O)[O-]. The Morgan fingerprint density at radius 1 is 1.32 bits per heavy atom. The Morgan fingerprint density at radius 3 is 2.60 bits per heavy atom. The first kappa shape index (κ1) is 18.4. The number of carbonyl (C=O) groups is 1. The number of amides is 1. The second-order valence-corrected chi connectivity index (χ2v) is 5.80. The van der Waals surface area contributed by atoms with Gasteiger partial charge in [-0.3, -0.25) is 19.8 Å². The minimum absolute atomic E-state index is 0.0217. The van der Waals surface area contributed by atoms with Crippen LogP contribution in [0.3, 0.4) is 0 Å². The summed E-state index contributed by atoms with van der Waals surface area (Å²) in [6, 6.07) is 11.9. The van der Waals surface area contributed by atoms with Crippen molar-refractivity contribution in [3.05, 3.63) is 69.3 Å². The number of benzene rings is 2. The molecule has 132 valence electrons. The average molecular weight is 343 g/mol. The summed E-state index contributed by atoms with van der Waals surface area (Å²) >= 11 is 0. The summed E-state index contributed by atoms with van der Waals surface area (Å²) in [5.41, 5.74) is 6.71. The highest BCUT2D eigenvalue weighted by Gasteiger charge is 2.21. The van der Waals surface area contributed by atoms with Gasteiger partial charge in [0.15, 0.2) is 0 Å². The Morgan fingerprint density at radius 2 is 2.00 bits per heavy atom. The fourth-order valence-corrected chi connectivity index (χ4v) is 2.68. The zero-order valence-corrected chi connectivity index (χ0v) is 14.4. The second kappa shape index (κ2) is 7.76. The summed E-state index contributed by atoms with van der Waals surface area (Å²) in [5.74, 6) is 0.0748. The van der Waals surface area contributed by atoms with E-state index in [-0.39, 0.29) is 17.3 Å². The molecule has 2 rings (SSSR count). The van der Waals surface area contributed by atoms with Crippen LogP contribution >= 0.6 is 0 Å². The molecule has 0 aliphatic heterocycles. The van der Waals surface area contributed by atoms with Crippen molar-refractivity contribution in [2.45, 2.75) is 19.5 Å². The smallest absolute Gasteiger partial charge is 0.274 e. The number of rotatable bonds is 7. The van der Waals surface area contributed by atoms with Crippen LogP contribution in [0.2, 0.25) is 0 Å².